The predicted molar refractivity (Wildman–Crippen MR) is 54.0 cm³/mol. The van der Waals surface area contributed by atoms with Crippen LogP contribution < -0.4 is 4.74 Å². The molecule has 15 heavy (non-hydrogen) atoms. The summed E-state index contributed by atoms with van der Waals surface area (Å²) in [7, 11) is 0. The molecule has 1 N–H and O–H groups in total. The number of aromatic carboxylic acids is 1. The monoisotopic (exact) mass is 206 g/mol. The van der Waals surface area contributed by atoms with Crippen LogP contribution in [-0.4, -0.2) is 17.0 Å². The van der Waals surface area contributed by atoms with Crippen LogP contribution in [-0.2, 0) is 4.79 Å². The SMILES string of the molecule is C=CC(=O)Oc1ccc(C)cc1C(=O)O. The summed E-state index contributed by atoms with van der Waals surface area (Å²) < 4.78 is 4.77. The van der Waals surface area contributed by atoms with E-state index in [1.165, 1.54) is 12.1 Å². The largest absolute Gasteiger partial charge is 0.478 e. The molecule has 78 valence electrons. The van der Waals surface area contributed by atoms with E-state index < -0.39 is 11.9 Å². The third-order valence-corrected chi connectivity index (χ3v) is 1.74. The van der Waals surface area contributed by atoms with Crippen molar-refractivity contribution >= 4 is 11.9 Å². The first-order valence-corrected chi connectivity index (χ1v) is 4.23. The van der Waals surface area contributed by atoms with Gasteiger partial charge in [0.25, 0.3) is 0 Å². The molecule has 0 atom stereocenters. The summed E-state index contributed by atoms with van der Waals surface area (Å²) in [6.07, 6.45) is 0.978. The molecule has 0 aliphatic carbocycles. The van der Waals surface area contributed by atoms with Crippen LogP contribution >= 0.6 is 0 Å². The van der Waals surface area contributed by atoms with E-state index in [0.717, 1.165) is 11.6 Å². The van der Waals surface area contributed by atoms with Crippen LogP contribution in [0, 0.1) is 6.92 Å². The number of carboxylic acids is 1. The first-order valence-electron chi connectivity index (χ1n) is 4.23. The molecule has 4 nitrogen and oxygen atoms in total. The Bertz CT molecular complexity index is 421. The summed E-state index contributed by atoms with van der Waals surface area (Å²) in [5, 5.41) is 8.86. The molecule has 4 heteroatoms. The van der Waals surface area contributed by atoms with Crippen LogP contribution in [0.2, 0.25) is 0 Å². The lowest BCUT2D eigenvalue weighted by Crippen LogP contribution is -2.08. The summed E-state index contributed by atoms with van der Waals surface area (Å²) in [6, 6.07) is 4.55. The van der Waals surface area contributed by atoms with Crippen molar-refractivity contribution in [1.82, 2.24) is 0 Å². The summed E-state index contributed by atoms with van der Waals surface area (Å²) in [6.45, 7) is 4.98. The molecule has 0 fully saturated rings. The van der Waals surface area contributed by atoms with Crippen molar-refractivity contribution in [1.29, 1.82) is 0 Å². The molecule has 0 radical (unpaired) electrons. The fourth-order valence-corrected chi connectivity index (χ4v) is 1.05. The van der Waals surface area contributed by atoms with Gasteiger partial charge in [-0.25, -0.2) is 9.59 Å². The molecule has 0 aromatic heterocycles. The summed E-state index contributed by atoms with van der Waals surface area (Å²) in [5.74, 6) is -1.79. The zero-order valence-corrected chi connectivity index (χ0v) is 8.19. The molecule has 0 spiro atoms. The number of hydrogen-bond donors (Lipinski definition) is 1. The highest BCUT2D eigenvalue weighted by Crippen LogP contribution is 2.20. The van der Waals surface area contributed by atoms with Crippen LogP contribution in [0.15, 0.2) is 30.9 Å². The standard InChI is InChI=1S/C11H10O4/c1-3-10(12)15-9-5-4-7(2)6-8(9)11(13)14/h3-6H,1H2,2H3,(H,13,14). The Morgan fingerprint density at radius 2 is 2.13 bits per heavy atom. The Morgan fingerprint density at radius 1 is 1.47 bits per heavy atom. The van der Waals surface area contributed by atoms with Crippen LogP contribution in [0.4, 0.5) is 0 Å². The second kappa shape index (κ2) is 4.41. The van der Waals surface area contributed by atoms with Crippen LogP contribution in [0.1, 0.15) is 15.9 Å². The van der Waals surface area contributed by atoms with Crippen molar-refractivity contribution in [3.8, 4) is 5.75 Å². The van der Waals surface area contributed by atoms with Gasteiger partial charge in [-0.3, -0.25) is 0 Å². The van der Waals surface area contributed by atoms with Crippen LogP contribution in [0.25, 0.3) is 0 Å². The van der Waals surface area contributed by atoms with Gasteiger partial charge in [-0.15, -0.1) is 0 Å². The lowest BCUT2D eigenvalue weighted by molar-refractivity contribution is -0.128. The van der Waals surface area contributed by atoms with Crippen molar-refractivity contribution < 1.29 is 19.4 Å². The second-order valence-corrected chi connectivity index (χ2v) is 2.93. The summed E-state index contributed by atoms with van der Waals surface area (Å²) >= 11 is 0. The molecule has 1 rings (SSSR count). The summed E-state index contributed by atoms with van der Waals surface area (Å²) in [4.78, 5) is 21.7. The number of carbonyl (C=O) groups is 2. The number of carbonyl (C=O) groups excluding carboxylic acids is 1. The Labute approximate surface area is 86.8 Å². The van der Waals surface area contributed by atoms with Gasteiger partial charge in [0.15, 0.2) is 0 Å². The third kappa shape index (κ3) is 2.67. The quantitative estimate of drug-likeness (QED) is 0.465. The van der Waals surface area contributed by atoms with Gasteiger partial charge in [0.1, 0.15) is 11.3 Å². The van der Waals surface area contributed by atoms with Crippen molar-refractivity contribution in [3.05, 3.63) is 42.0 Å². The van der Waals surface area contributed by atoms with Gasteiger partial charge >= 0.3 is 11.9 Å². The minimum absolute atomic E-state index is 0.0259. The molecule has 0 saturated heterocycles. The lowest BCUT2D eigenvalue weighted by Gasteiger charge is -2.05. The highest BCUT2D eigenvalue weighted by atomic mass is 16.5. The van der Waals surface area contributed by atoms with Crippen LogP contribution in [0.5, 0.6) is 5.75 Å². The number of hydrogen-bond acceptors (Lipinski definition) is 3. The van der Waals surface area contributed by atoms with E-state index in [4.69, 9.17) is 9.84 Å². The zero-order chi connectivity index (χ0) is 11.4. The Kier molecular flexibility index (Phi) is 3.23. The van der Waals surface area contributed by atoms with E-state index in [9.17, 15) is 9.59 Å². The Balaban J connectivity index is 3.11. The highest BCUT2D eigenvalue weighted by Gasteiger charge is 2.13. The molecule has 0 aliphatic heterocycles. The molecule has 0 bridgehead atoms. The average Bonchev–Trinajstić information content (AvgIpc) is 2.20. The fraction of sp³-hybridized carbons (Fsp3) is 0.0909. The first-order chi connectivity index (χ1) is 7.04. The minimum atomic E-state index is -1.13. The van der Waals surface area contributed by atoms with Gasteiger partial charge in [-0.1, -0.05) is 18.2 Å². The molecule has 1 aromatic rings. The molecular formula is C11H10O4. The van der Waals surface area contributed by atoms with E-state index in [0.29, 0.717) is 0 Å². The first kappa shape index (κ1) is 11.0. The molecule has 0 amide bonds. The van der Waals surface area contributed by atoms with Gasteiger partial charge in [-0.05, 0) is 19.1 Å². The van der Waals surface area contributed by atoms with Gasteiger partial charge in [0.05, 0.1) is 0 Å². The smallest absolute Gasteiger partial charge is 0.339 e. The third-order valence-electron chi connectivity index (χ3n) is 1.74. The fourth-order valence-electron chi connectivity index (χ4n) is 1.05. The van der Waals surface area contributed by atoms with Crippen molar-refractivity contribution in [2.75, 3.05) is 0 Å². The molecule has 1 aromatic carbocycles. The van der Waals surface area contributed by atoms with Gasteiger partial charge in [0, 0.05) is 6.08 Å². The van der Waals surface area contributed by atoms with E-state index >= 15 is 0 Å². The summed E-state index contributed by atoms with van der Waals surface area (Å²) in [5.41, 5.74) is 0.746. The Hall–Kier alpha value is -2.10. The lowest BCUT2D eigenvalue weighted by atomic mass is 10.1. The maximum absolute atomic E-state index is 10.9. The van der Waals surface area contributed by atoms with E-state index in [2.05, 4.69) is 6.58 Å². The molecule has 0 saturated carbocycles. The van der Waals surface area contributed by atoms with Crippen molar-refractivity contribution in [2.45, 2.75) is 6.92 Å². The average molecular weight is 206 g/mol. The molecular weight excluding hydrogens is 196 g/mol. The van der Waals surface area contributed by atoms with Gasteiger partial charge < -0.3 is 9.84 Å². The number of rotatable bonds is 3. The van der Waals surface area contributed by atoms with Crippen molar-refractivity contribution in [2.24, 2.45) is 0 Å². The number of benzene rings is 1. The number of carboxylic acid groups (broad SMARTS) is 1. The normalized spacial score (nSPS) is 9.40. The Morgan fingerprint density at radius 3 is 2.67 bits per heavy atom. The topological polar surface area (TPSA) is 63.6 Å². The maximum Gasteiger partial charge on any atom is 0.339 e. The predicted octanol–water partition coefficient (Wildman–Crippen LogP) is 1.78. The highest BCUT2D eigenvalue weighted by molar-refractivity contribution is 5.93. The van der Waals surface area contributed by atoms with E-state index in [-0.39, 0.29) is 11.3 Å². The minimum Gasteiger partial charge on any atom is -0.478 e. The van der Waals surface area contributed by atoms with E-state index in [1.807, 2.05) is 0 Å². The van der Waals surface area contributed by atoms with E-state index in [1.54, 1.807) is 13.0 Å². The van der Waals surface area contributed by atoms with Gasteiger partial charge in [-0.2, -0.15) is 0 Å². The molecule has 0 unspecified atom stereocenters. The van der Waals surface area contributed by atoms with Crippen molar-refractivity contribution in [3.63, 3.8) is 0 Å². The molecule has 0 heterocycles. The zero-order valence-electron chi connectivity index (χ0n) is 8.19. The number of aryl methyl sites for hydroxylation is 1. The number of ether oxygens (including phenoxy) is 1. The maximum atomic E-state index is 10.9. The second-order valence-electron chi connectivity index (χ2n) is 2.93. The molecule has 0 aliphatic rings. The van der Waals surface area contributed by atoms with Crippen LogP contribution in [0.3, 0.4) is 0 Å². The number of esters is 1. The van der Waals surface area contributed by atoms with Gasteiger partial charge in [0.2, 0.25) is 0 Å².